The molecule has 0 fully saturated rings. The molecule has 17 heavy (non-hydrogen) atoms. The van der Waals surface area contributed by atoms with Gasteiger partial charge in [0, 0.05) is 16.6 Å². The van der Waals surface area contributed by atoms with E-state index in [4.69, 9.17) is 10.5 Å². The lowest BCUT2D eigenvalue weighted by atomic mass is 10.0. The zero-order valence-electron chi connectivity index (χ0n) is 9.65. The van der Waals surface area contributed by atoms with E-state index in [-0.39, 0.29) is 19.6 Å². The first-order valence-electron chi connectivity index (χ1n) is 5.26. The summed E-state index contributed by atoms with van der Waals surface area (Å²) in [6.45, 7) is 1.71. The Bertz CT molecular complexity index is 393. The molecule has 94 valence electrons. The molecule has 3 N–H and O–H groups in total. The number of esters is 1. The molecule has 0 amide bonds. The first-order chi connectivity index (χ1) is 7.94. The molecule has 0 bridgehead atoms. The molecule has 0 spiro atoms. The average molecular weight is 302 g/mol. The molecule has 1 aromatic carbocycles. The maximum absolute atomic E-state index is 11.4. The topological polar surface area (TPSA) is 72.5 Å². The van der Waals surface area contributed by atoms with Gasteiger partial charge in [-0.05, 0) is 13.0 Å². The summed E-state index contributed by atoms with van der Waals surface area (Å²) in [5.74, 6) is -0.462. The second kappa shape index (κ2) is 6.14. The minimum Gasteiger partial charge on any atom is -0.461 e. The summed E-state index contributed by atoms with van der Waals surface area (Å²) in [5, 5.41) is 9.61. The Morgan fingerprint density at radius 3 is 2.76 bits per heavy atom. The summed E-state index contributed by atoms with van der Waals surface area (Å²) in [6.07, 6.45) is -0.103. The number of carbonyl (C=O) groups excluding carboxylic acids is 1. The second-order valence-corrected chi connectivity index (χ2v) is 4.98. The molecule has 1 rings (SSSR count). The Labute approximate surface area is 109 Å². The molecule has 1 aromatic rings. The summed E-state index contributed by atoms with van der Waals surface area (Å²) in [5.41, 5.74) is 5.00. The lowest BCUT2D eigenvalue weighted by molar-refractivity contribution is -0.149. The molecule has 0 aliphatic carbocycles. The van der Waals surface area contributed by atoms with Gasteiger partial charge in [-0.1, -0.05) is 34.1 Å². The zero-order valence-corrected chi connectivity index (χ0v) is 11.2. The average Bonchev–Trinajstić information content (AvgIpc) is 2.27. The van der Waals surface area contributed by atoms with Gasteiger partial charge in [0.05, 0.1) is 12.0 Å². The molecular formula is C12H16BrNO3. The minimum atomic E-state index is -1.20. The first kappa shape index (κ1) is 14.2. The van der Waals surface area contributed by atoms with Gasteiger partial charge in [-0.2, -0.15) is 0 Å². The maximum Gasteiger partial charge on any atom is 0.309 e. The van der Waals surface area contributed by atoms with Gasteiger partial charge < -0.3 is 15.6 Å². The fourth-order valence-corrected chi connectivity index (χ4v) is 1.61. The van der Waals surface area contributed by atoms with Crippen LogP contribution in [0.4, 0.5) is 0 Å². The van der Waals surface area contributed by atoms with Crippen LogP contribution in [-0.2, 0) is 16.1 Å². The molecular weight excluding hydrogens is 286 g/mol. The number of rotatable bonds is 5. The summed E-state index contributed by atoms with van der Waals surface area (Å²) in [7, 11) is 0. The van der Waals surface area contributed by atoms with E-state index in [0.29, 0.717) is 0 Å². The normalized spacial score (nSPS) is 14.1. The SMILES string of the molecule is CC(O)(CN)CC(=O)OCc1ccccc1Br. The van der Waals surface area contributed by atoms with Crippen molar-refractivity contribution in [1.29, 1.82) is 0 Å². The van der Waals surface area contributed by atoms with Crippen LogP contribution in [0.3, 0.4) is 0 Å². The van der Waals surface area contributed by atoms with E-state index in [1.54, 1.807) is 0 Å². The van der Waals surface area contributed by atoms with E-state index in [1.165, 1.54) is 6.92 Å². The van der Waals surface area contributed by atoms with Gasteiger partial charge in [0.25, 0.3) is 0 Å². The lowest BCUT2D eigenvalue weighted by Crippen LogP contribution is -2.36. The highest BCUT2D eigenvalue weighted by molar-refractivity contribution is 9.10. The highest BCUT2D eigenvalue weighted by Crippen LogP contribution is 2.17. The molecule has 0 aromatic heterocycles. The van der Waals surface area contributed by atoms with Crippen molar-refractivity contribution in [3.8, 4) is 0 Å². The molecule has 1 unspecified atom stereocenters. The van der Waals surface area contributed by atoms with Crippen molar-refractivity contribution in [2.75, 3.05) is 6.54 Å². The van der Waals surface area contributed by atoms with Crippen molar-refractivity contribution in [3.05, 3.63) is 34.3 Å². The lowest BCUT2D eigenvalue weighted by Gasteiger charge is -2.19. The van der Waals surface area contributed by atoms with Crippen LogP contribution in [0, 0.1) is 0 Å². The summed E-state index contributed by atoms with van der Waals surface area (Å²) < 4.78 is 5.95. The Morgan fingerprint density at radius 2 is 2.18 bits per heavy atom. The molecule has 0 aliphatic rings. The summed E-state index contributed by atoms with van der Waals surface area (Å²) in [4.78, 5) is 11.4. The number of benzene rings is 1. The minimum absolute atomic E-state index is 0.0249. The Kier molecular flexibility index (Phi) is 5.11. The fraction of sp³-hybridized carbons (Fsp3) is 0.417. The summed E-state index contributed by atoms with van der Waals surface area (Å²) >= 11 is 3.36. The van der Waals surface area contributed by atoms with Crippen molar-refractivity contribution in [3.63, 3.8) is 0 Å². The fourth-order valence-electron chi connectivity index (χ4n) is 1.21. The van der Waals surface area contributed by atoms with Crippen LogP contribution in [0.25, 0.3) is 0 Å². The van der Waals surface area contributed by atoms with E-state index >= 15 is 0 Å². The van der Waals surface area contributed by atoms with Crippen molar-refractivity contribution < 1.29 is 14.6 Å². The molecule has 1 atom stereocenters. The van der Waals surface area contributed by atoms with Crippen molar-refractivity contribution in [2.45, 2.75) is 25.6 Å². The van der Waals surface area contributed by atoms with E-state index < -0.39 is 11.6 Å². The Morgan fingerprint density at radius 1 is 1.53 bits per heavy atom. The van der Waals surface area contributed by atoms with E-state index in [0.717, 1.165) is 10.0 Å². The number of hydrogen-bond donors (Lipinski definition) is 2. The molecule has 4 nitrogen and oxygen atoms in total. The van der Waals surface area contributed by atoms with Crippen LogP contribution >= 0.6 is 15.9 Å². The van der Waals surface area contributed by atoms with Crippen LogP contribution in [0.15, 0.2) is 28.7 Å². The third-order valence-electron chi connectivity index (χ3n) is 2.31. The molecule has 0 aliphatic heterocycles. The second-order valence-electron chi connectivity index (χ2n) is 4.13. The Balaban J connectivity index is 2.47. The number of carbonyl (C=O) groups is 1. The summed E-state index contributed by atoms with van der Waals surface area (Å²) in [6, 6.07) is 7.48. The van der Waals surface area contributed by atoms with Crippen molar-refractivity contribution in [2.24, 2.45) is 5.73 Å². The van der Waals surface area contributed by atoms with Crippen molar-refractivity contribution in [1.82, 2.24) is 0 Å². The van der Waals surface area contributed by atoms with Crippen LogP contribution in [0.1, 0.15) is 18.9 Å². The van der Waals surface area contributed by atoms with E-state index in [1.807, 2.05) is 24.3 Å². The molecule has 0 heterocycles. The number of ether oxygens (including phenoxy) is 1. The van der Waals surface area contributed by atoms with Crippen LogP contribution in [-0.4, -0.2) is 23.2 Å². The Hall–Kier alpha value is -0.910. The van der Waals surface area contributed by atoms with E-state index in [2.05, 4.69) is 15.9 Å². The number of halogens is 1. The third kappa shape index (κ3) is 4.85. The monoisotopic (exact) mass is 301 g/mol. The van der Waals surface area contributed by atoms with Gasteiger partial charge in [-0.25, -0.2) is 0 Å². The first-order valence-corrected chi connectivity index (χ1v) is 6.05. The van der Waals surface area contributed by atoms with Gasteiger partial charge in [-0.3, -0.25) is 4.79 Å². The van der Waals surface area contributed by atoms with Gasteiger partial charge in [-0.15, -0.1) is 0 Å². The highest BCUT2D eigenvalue weighted by Gasteiger charge is 2.23. The predicted octanol–water partition coefficient (Wildman–Crippen LogP) is 1.59. The molecule has 0 saturated carbocycles. The largest absolute Gasteiger partial charge is 0.461 e. The van der Waals surface area contributed by atoms with Gasteiger partial charge in [0.2, 0.25) is 0 Å². The highest BCUT2D eigenvalue weighted by atomic mass is 79.9. The quantitative estimate of drug-likeness (QED) is 0.810. The smallest absolute Gasteiger partial charge is 0.309 e. The number of hydrogen-bond acceptors (Lipinski definition) is 4. The van der Waals surface area contributed by atoms with Crippen LogP contribution in [0.2, 0.25) is 0 Å². The van der Waals surface area contributed by atoms with Crippen LogP contribution in [0.5, 0.6) is 0 Å². The van der Waals surface area contributed by atoms with Crippen LogP contribution < -0.4 is 5.73 Å². The molecule has 0 saturated heterocycles. The number of nitrogens with two attached hydrogens (primary N) is 1. The van der Waals surface area contributed by atoms with E-state index in [9.17, 15) is 9.90 Å². The van der Waals surface area contributed by atoms with Gasteiger partial charge in [0.15, 0.2) is 0 Å². The zero-order chi connectivity index (χ0) is 12.9. The molecule has 0 radical (unpaired) electrons. The predicted molar refractivity (Wildman–Crippen MR) is 68.2 cm³/mol. The molecule has 5 heteroatoms. The van der Waals surface area contributed by atoms with Crippen molar-refractivity contribution >= 4 is 21.9 Å². The number of aliphatic hydroxyl groups is 1. The maximum atomic E-state index is 11.4. The standard InChI is InChI=1S/C12H16BrNO3/c1-12(16,8-14)6-11(15)17-7-9-4-2-3-5-10(9)13/h2-5,16H,6-8,14H2,1H3. The third-order valence-corrected chi connectivity index (χ3v) is 3.09. The van der Waals surface area contributed by atoms with Gasteiger partial charge in [0.1, 0.15) is 6.61 Å². The van der Waals surface area contributed by atoms with Gasteiger partial charge >= 0.3 is 5.97 Å².